The number of ether oxygens (including phenoxy) is 1. The monoisotopic (exact) mass is 656 g/mol. The Morgan fingerprint density at radius 3 is 2.31 bits per heavy atom. The number of carbonyl (C=O) groups is 2. The molecule has 2 amide bonds. The molecule has 208 valence electrons. The van der Waals surface area contributed by atoms with Gasteiger partial charge in [-0.1, -0.05) is 98.6 Å². The van der Waals surface area contributed by atoms with Crippen molar-refractivity contribution in [2.75, 3.05) is 13.2 Å². The molecular weight excluding hydrogens is 620 g/mol. The number of benzene rings is 3. The van der Waals surface area contributed by atoms with E-state index in [2.05, 4.69) is 64.9 Å². The van der Waals surface area contributed by atoms with E-state index < -0.39 is 6.04 Å². The van der Waals surface area contributed by atoms with Gasteiger partial charge in [0.1, 0.15) is 11.8 Å². The van der Waals surface area contributed by atoms with Crippen molar-refractivity contribution in [2.45, 2.75) is 65.0 Å². The lowest BCUT2D eigenvalue weighted by Crippen LogP contribution is -2.51. The van der Waals surface area contributed by atoms with Crippen LogP contribution in [0.1, 0.15) is 57.2 Å². The van der Waals surface area contributed by atoms with Crippen LogP contribution in [0.2, 0.25) is 0 Å². The van der Waals surface area contributed by atoms with Crippen LogP contribution in [0.3, 0.4) is 0 Å². The standard InChI is InChI=1S/C32H38Br2N2O3/c1-5-6-17-35-31(38)28(19-23-11-8-7-9-12-23)36(21-24-13-10-14-26(33)18-24)30(37)22-39-29-16-15-25(20-27(29)34)32(2,3)4/h7-16,18,20,28H,5-6,17,19,21-22H2,1-4H3,(H,35,38). The van der Waals surface area contributed by atoms with Gasteiger partial charge in [-0.2, -0.15) is 0 Å². The Morgan fingerprint density at radius 1 is 0.949 bits per heavy atom. The molecule has 3 rings (SSSR count). The van der Waals surface area contributed by atoms with E-state index in [1.807, 2.05) is 72.8 Å². The molecule has 7 heteroatoms. The van der Waals surface area contributed by atoms with Gasteiger partial charge in [0.05, 0.1) is 4.47 Å². The fourth-order valence-corrected chi connectivity index (χ4v) is 5.14. The van der Waals surface area contributed by atoms with Gasteiger partial charge in [-0.3, -0.25) is 9.59 Å². The van der Waals surface area contributed by atoms with Gasteiger partial charge in [-0.15, -0.1) is 0 Å². The summed E-state index contributed by atoms with van der Waals surface area (Å²) < 4.78 is 7.71. The first-order valence-electron chi connectivity index (χ1n) is 13.4. The average molecular weight is 658 g/mol. The molecule has 0 aliphatic carbocycles. The minimum Gasteiger partial charge on any atom is -0.483 e. The van der Waals surface area contributed by atoms with Crippen LogP contribution >= 0.6 is 31.9 Å². The molecule has 0 radical (unpaired) electrons. The number of carbonyl (C=O) groups excluding carboxylic acids is 2. The van der Waals surface area contributed by atoms with Gasteiger partial charge in [-0.25, -0.2) is 0 Å². The summed E-state index contributed by atoms with van der Waals surface area (Å²) in [4.78, 5) is 29.0. The van der Waals surface area contributed by atoms with Crippen molar-refractivity contribution in [1.82, 2.24) is 10.2 Å². The number of nitrogens with zero attached hydrogens (tertiary/aromatic N) is 1. The lowest BCUT2D eigenvalue weighted by atomic mass is 9.87. The zero-order valence-corrected chi connectivity index (χ0v) is 26.3. The first-order valence-corrected chi connectivity index (χ1v) is 15.0. The van der Waals surface area contributed by atoms with E-state index in [-0.39, 0.29) is 30.4 Å². The lowest BCUT2D eigenvalue weighted by Gasteiger charge is -2.31. The third kappa shape index (κ3) is 9.50. The summed E-state index contributed by atoms with van der Waals surface area (Å²) in [6.45, 7) is 9.20. The van der Waals surface area contributed by atoms with Crippen molar-refractivity contribution in [2.24, 2.45) is 0 Å². The predicted octanol–water partition coefficient (Wildman–Crippen LogP) is 7.44. The van der Waals surface area contributed by atoms with Gasteiger partial charge in [-0.05, 0) is 68.7 Å². The quantitative estimate of drug-likeness (QED) is 0.206. The Morgan fingerprint density at radius 2 is 1.67 bits per heavy atom. The van der Waals surface area contributed by atoms with Crippen LogP contribution in [-0.4, -0.2) is 35.9 Å². The average Bonchev–Trinajstić information content (AvgIpc) is 2.90. The Labute approximate surface area is 249 Å². The van der Waals surface area contributed by atoms with E-state index in [1.54, 1.807) is 4.90 Å². The SMILES string of the molecule is CCCCNC(=O)C(Cc1ccccc1)N(Cc1cccc(Br)c1)C(=O)COc1ccc(C(C)(C)C)cc1Br. The van der Waals surface area contributed by atoms with Crippen LogP contribution in [0.5, 0.6) is 5.75 Å². The summed E-state index contributed by atoms with van der Waals surface area (Å²) in [5.74, 6) is 0.172. The molecule has 0 aliphatic heterocycles. The second-order valence-corrected chi connectivity index (χ2v) is 12.5. The second kappa shape index (κ2) is 14.7. The molecule has 5 nitrogen and oxygen atoms in total. The van der Waals surface area contributed by atoms with Crippen molar-refractivity contribution < 1.29 is 14.3 Å². The highest BCUT2D eigenvalue weighted by Crippen LogP contribution is 2.31. The smallest absolute Gasteiger partial charge is 0.261 e. The van der Waals surface area contributed by atoms with Gasteiger partial charge in [0.2, 0.25) is 5.91 Å². The summed E-state index contributed by atoms with van der Waals surface area (Å²) in [6.07, 6.45) is 2.26. The zero-order chi connectivity index (χ0) is 28.4. The maximum atomic E-state index is 13.8. The highest BCUT2D eigenvalue weighted by molar-refractivity contribution is 9.10. The van der Waals surface area contributed by atoms with Crippen LogP contribution in [0, 0.1) is 0 Å². The number of hydrogen-bond donors (Lipinski definition) is 1. The Hall–Kier alpha value is -2.64. The van der Waals surface area contributed by atoms with Crippen molar-refractivity contribution >= 4 is 43.7 Å². The number of hydrogen-bond acceptors (Lipinski definition) is 3. The summed E-state index contributed by atoms with van der Waals surface area (Å²) in [5.41, 5.74) is 3.07. The van der Waals surface area contributed by atoms with E-state index in [1.165, 1.54) is 0 Å². The first kappa shape index (κ1) is 30.9. The van der Waals surface area contributed by atoms with Crippen molar-refractivity contribution in [1.29, 1.82) is 0 Å². The number of halogens is 2. The van der Waals surface area contributed by atoms with Crippen LogP contribution in [0.15, 0.2) is 81.7 Å². The normalized spacial score (nSPS) is 12.1. The van der Waals surface area contributed by atoms with Gasteiger partial charge in [0, 0.05) is 24.0 Å². The maximum Gasteiger partial charge on any atom is 0.261 e. The van der Waals surface area contributed by atoms with Crippen LogP contribution in [-0.2, 0) is 28.0 Å². The Kier molecular flexibility index (Phi) is 11.6. The van der Waals surface area contributed by atoms with E-state index in [4.69, 9.17) is 4.74 Å². The van der Waals surface area contributed by atoms with Crippen molar-refractivity contribution in [3.63, 3.8) is 0 Å². The molecule has 0 fully saturated rings. The molecule has 39 heavy (non-hydrogen) atoms. The summed E-state index contributed by atoms with van der Waals surface area (Å²) in [7, 11) is 0. The van der Waals surface area contributed by atoms with E-state index >= 15 is 0 Å². The van der Waals surface area contributed by atoms with Crippen LogP contribution in [0.25, 0.3) is 0 Å². The van der Waals surface area contributed by atoms with Crippen LogP contribution in [0.4, 0.5) is 0 Å². The number of amides is 2. The first-order chi connectivity index (χ1) is 18.6. The summed E-state index contributed by atoms with van der Waals surface area (Å²) >= 11 is 7.13. The van der Waals surface area contributed by atoms with Gasteiger partial charge in [0.25, 0.3) is 5.91 Å². The fourth-order valence-electron chi connectivity index (χ4n) is 4.20. The third-order valence-electron chi connectivity index (χ3n) is 6.49. The third-order valence-corrected chi connectivity index (χ3v) is 7.60. The molecule has 1 unspecified atom stereocenters. The van der Waals surface area contributed by atoms with Crippen molar-refractivity contribution in [3.8, 4) is 5.75 Å². The predicted molar refractivity (Wildman–Crippen MR) is 165 cm³/mol. The van der Waals surface area contributed by atoms with Gasteiger partial charge >= 0.3 is 0 Å². The molecule has 0 heterocycles. The molecule has 0 aromatic heterocycles. The molecule has 3 aromatic carbocycles. The Bertz CT molecular complexity index is 1240. The largest absolute Gasteiger partial charge is 0.483 e. The molecule has 1 N–H and O–H groups in total. The Balaban J connectivity index is 1.89. The molecule has 0 saturated heterocycles. The number of nitrogens with one attached hydrogen (secondary N) is 1. The lowest BCUT2D eigenvalue weighted by molar-refractivity contribution is -0.142. The molecule has 1 atom stereocenters. The van der Waals surface area contributed by atoms with Gasteiger partial charge in [0.15, 0.2) is 6.61 Å². The fraction of sp³-hybridized carbons (Fsp3) is 0.375. The molecule has 3 aromatic rings. The highest BCUT2D eigenvalue weighted by atomic mass is 79.9. The van der Waals surface area contributed by atoms with E-state index in [9.17, 15) is 9.59 Å². The molecular formula is C32H38Br2N2O3. The topological polar surface area (TPSA) is 58.6 Å². The minimum absolute atomic E-state index is 0.00652. The van der Waals surface area contributed by atoms with Crippen molar-refractivity contribution in [3.05, 3.63) is 98.4 Å². The van der Waals surface area contributed by atoms with Gasteiger partial charge < -0.3 is 15.0 Å². The molecule has 0 saturated carbocycles. The second-order valence-electron chi connectivity index (χ2n) is 10.7. The zero-order valence-electron chi connectivity index (χ0n) is 23.2. The molecule has 0 aliphatic rings. The summed E-state index contributed by atoms with van der Waals surface area (Å²) in [5, 5.41) is 3.05. The van der Waals surface area contributed by atoms with E-state index in [0.717, 1.165) is 38.5 Å². The van der Waals surface area contributed by atoms with E-state index in [0.29, 0.717) is 18.7 Å². The molecule has 0 spiro atoms. The summed E-state index contributed by atoms with van der Waals surface area (Å²) in [6, 6.07) is 22.9. The maximum absolute atomic E-state index is 13.8. The number of unbranched alkanes of at least 4 members (excludes halogenated alkanes) is 1. The van der Waals surface area contributed by atoms with Crippen LogP contribution < -0.4 is 10.1 Å². The molecule has 0 bridgehead atoms. The minimum atomic E-state index is -0.689. The highest BCUT2D eigenvalue weighted by Gasteiger charge is 2.31. The number of rotatable bonds is 12.